The van der Waals surface area contributed by atoms with E-state index in [9.17, 15) is 9.59 Å². The SMILES string of the molecule is CCCOc1c(Cl)cc(C(=O)NCc2ccc(NC(C)=O)cc2)cc1OC. The summed E-state index contributed by atoms with van der Waals surface area (Å²) in [7, 11) is 1.50. The third-order valence-corrected chi connectivity index (χ3v) is 3.95. The first kappa shape index (κ1) is 20.6. The molecule has 2 aromatic carbocycles. The Kier molecular flexibility index (Phi) is 7.49. The number of carbonyl (C=O) groups excluding carboxylic acids is 2. The van der Waals surface area contributed by atoms with E-state index in [1.165, 1.54) is 14.0 Å². The maximum absolute atomic E-state index is 12.5. The number of rotatable bonds is 8. The quantitative estimate of drug-likeness (QED) is 0.713. The zero-order valence-electron chi connectivity index (χ0n) is 15.6. The van der Waals surface area contributed by atoms with Gasteiger partial charge in [0, 0.05) is 24.7 Å². The van der Waals surface area contributed by atoms with E-state index < -0.39 is 0 Å². The van der Waals surface area contributed by atoms with Gasteiger partial charge in [0.25, 0.3) is 5.91 Å². The van der Waals surface area contributed by atoms with Crippen LogP contribution in [0.4, 0.5) is 5.69 Å². The summed E-state index contributed by atoms with van der Waals surface area (Å²) in [5.41, 5.74) is 1.99. The van der Waals surface area contributed by atoms with Gasteiger partial charge in [-0.2, -0.15) is 0 Å². The third-order valence-electron chi connectivity index (χ3n) is 3.67. The second-order valence-corrected chi connectivity index (χ2v) is 6.31. The lowest BCUT2D eigenvalue weighted by Gasteiger charge is -2.14. The van der Waals surface area contributed by atoms with Crippen molar-refractivity contribution in [1.82, 2.24) is 5.32 Å². The smallest absolute Gasteiger partial charge is 0.251 e. The summed E-state index contributed by atoms with van der Waals surface area (Å²) in [5, 5.41) is 5.86. The Morgan fingerprint density at radius 3 is 2.44 bits per heavy atom. The first-order chi connectivity index (χ1) is 12.9. The van der Waals surface area contributed by atoms with E-state index in [0.717, 1.165) is 12.0 Å². The largest absolute Gasteiger partial charge is 0.493 e. The lowest BCUT2D eigenvalue weighted by molar-refractivity contribution is -0.114. The highest BCUT2D eigenvalue weighted by atomic mass is 35.5. The van der Waals surface area contributed by atoms with Gasteiger partial charge in [0.15, 0.2) is 11.5 Å². The van der Waals surface area contributed by atoms with E-state index in [-0.39, 0.29) is 11.8 Å². The van der Waals surface area contributed by atoms with Crippen LogP contribution in [-0.4, -0.2) is 25.5 Å². The minimum absolute atomic E-state index is 0.131. The monoisotopic (exact) mass is 390 g/mol. The minimum atomic E-state index is -0.275. The van der Waals surface area contributed by atoms with Crippen LogP contribution in [-0.2, 0) is 11.3 Å². The lowest BCUT2D eigenvalue weighted by atomic mass is 10.1. The molecule has 27 heavy (non-hydrogen) atoms. The molecule has 144 valence electrons. The van der Waals surface area contributed by atoms with Crippen molar-refractivity contribution in [2.24, 2.45) is 0 Å². The molecule has 0 aromatic heterocycles. The lowest BCUT2D eigenvalue weighted by Crippen LogP contribution is -2.23. The summed E-state index contributed by atoms with van der Waals surface area (Å²) >= 11 is 6.25. The molecule has 0 atom stereocenters. The van der Waals surface area contributed by atoms with Gasteiger partial charge in [-0.15, -0.1) is 0 Å². The molecule has 2 N–H and O–H groups in total. The number of carbonyl (C=O) groups is 2. The summed E-state index contributed by atoms with van der Waals surface area (Å²) in [6, 6.07) is 10.4. The molecular formula is C20H23ClN2O4. The van der Waals surface area contributed by atoms with Crippen LogP contribution in [0.25, 0.3) is 0 Å². The Balaban J connectivity index is 2.05. The van der Waals surface area contributed by atoms with Crippen molar-refractivity contribution in [3.8, 4) is 11.5 Å². The molecule has 6 nitrogen and oxygen atoms in total. The molecule has 0 heterocycles. The Morgan fingerprint density at radius 2 is 1.85 bits per heavy atom. The average molecular weight is 391 g/mol. The number of hydrogen-bond donors (Lipinski definition) is 2. The molecule has 0 radical (unpaired) electrons. The van der Waals surface area contributed by atoms with Gasteiger partial charge in [-0.25, -0.2) is 0 Å². The van der Waals surface area contributed by atoms with Gasteiger partial charge in [-0.05, 0) is 36.2 Å². The molecule has 0 fully saturated rings. The van der Waals surface area contributed by atoms with Gasteiger partial charge in [0.2, 0.25) is 5.91 Å². The Labute approximate surface area is 163 Å². The number of hydrogen-bond acceptors (Lipinski definition) is 4. The van der Waals surface area contributed by atoms with Crippen LogP contribution in [0.1, 0.15) is 36.2 Å². The molecule has 0 saturated heterocycles. The van der Waals surface area contributed by atoms with Gasteiger partial charge >= 0.3 is 0 Å². The standard InChI is InChI=1S/C20H23ClN2O4/c1-4-9-27-19-17(21)10-15(11-18(19)26-3)20(25)22-12-14-5-7-16(8-6-14)23-13(2)24/h5-8,10-11H,4,9,12H2,1-3H3,(H,22,25)(H,23,24). The summed E-state index contributed by atoms with van der Waals surface area (Å²) < 4.78 is 10.9. The van der Waals surface area contributed by atoms with E-state index in [1.54, 1.807) is 24.3 Å². The van der Waals surface area contributed by atoms with Crippen LogP contribution in [0.5, 0.6) is 11.5 Å². The average Bonchev–Trinajstić information content (AvgIpc) is 2.65. The second kappa shape index (κ2) is 9.83. The van der Waals surface area contributed by atoms with Crippen molar-refractivity contribution < 1.29 is 19.1 Å². The van der Waals surface area contributed by atoms with Crippen molar-refractivity contribution in [3.63, 3.8) is 0 Å². The summed E-state index contributed by atoms with van der Waals surface area (Å²) in [6.07, 6.45) is 0.836. The van der Waals surface area contributed by atoms with E-state index >= 15 is 0 Å². The van der Waals surface area contributed by atoms with Gasteiger partial charge in [-0.3, -0.25) is 9.59 Å². The molecule has 0 bridgehead atoms. The summed E-state index contributed by atoms with van der Waals surface area (Å²) in [4.78, 5) is 23.5. The van der Waals surface area contributed by atoms with Crippen molar-refractivity contribution in [3.05, 3.63) is 52.5 Å². The second-order valence-electron chi connectivity index (χ2n) is 5.90. The van der Waals surface area contributed by atoms with Crippen molar-refractivity contribution in [2.75, 3.05) is 19.0 Å². The van der Waals surface area contributed by atoms with Crippen LogP contribution < -0.4 is 20.1 Å². The number of methoxy groups -OCH3 is 1. The highest BCUT2D eigenvalue weighted by Crippen LogP contribution is 2.36. The van der Waals surface area contributed by atoms with Gasteiger partial charge < -0.3 is 20.1 Å². The topological polar surface area (TPSA) is 76.7 Å². The van der Waals surface area contributed by atoms with Crippen molar-refractivity contribution in [2.45, 2.75) is 26.8 Å². The predicted octanol–water partition coefficient (Wildman–Crippen LogP) is 4.03. The summed E-state index contributed by atoms with van der Waals surface area (Å²) in [5.74, 6) is 0.448. The third kappa shape index (κ3) is 5.89. The number of ether oxygens (including phenoxy) is 2. The fourth-order valence-corrected chi connectivity index (χ4v) is 2.65. The van der Waals surface area contributed by atoms with E-state index in [0.29, 0.717) is 40.9 Å². The molecule has 2 aromatic rings. The molecule has 0 spiro atoms. The predicted molar refractivity (Wildman–Crippen MR) is 106 cm³/mol. The Bertz CT molecular complexity index is 806. The van der Waals surface area contributed by atoms with E-state index in [1.807, 2.05) is 19.1 Å². The van der Waals surface area contributed by atoms with Crippen LogP contribution in [0.3, 0.4) is 0 Å². The molecule has 7 heteroatoms. The molecule has 0 aliphatic rings. The first-order valence-electron chi connectivity index (χ1n) is 8.59. The fourth-order valence-electron chi connectivity index (χ4n) is 2.39. The van der Waals surface area contributed by atoms with Gasteiger partial charge in [0.05, 0.1) is 18.7 Å². The number of halogens is 1. The molecule has 0 aliphatic carbocycles. The maximum Gasteiger partial charge on any atom is 0.251 e. The van der Waals surface area contributed by atoms with Gasteiger partial charge in [0.1, 0.15) is 0 Å². The Morgan fingerprint density at radius 1 is 1.15 bits per heavy atom. The van der Waals surface area contributed by atoms with E-state index in [2.05, 4.69) is 10.6 Å². The van der Waals surface area contributed by atoms with Crippen LogP contribution in [0, 0.1) is 0 Å². The maximum atomic E-state index is 12.5. The number of nitrogens with one attached hydrogen (secondary N) is 2. The summed E-state index contributed by atoms with van der Waals surface area (Å²) in [6.45, 7) is 4.29. The zero-order chi connectivity index (χ0) is 19.8. The normalized spacial score (nSPS) is 10.2. The molecule has 0 saturated carbocycles. The number of anilines is 1. The molecule has 0 aliphatic heterocycles. The molecule has 0 unspecified atom stereocenters. The highest BCUT2D eigenvalue weighted by Gasteiger charge is 2.15. The first-order valence-corrected chi connectivity index (χ1v) is 8.97. The van der Waals surface area contributed by atoms with E-state index in [4.69, 9.17) is 21.1 Å². The van der Waals surface area contributed by atoms with Gasteiger partial charge in [-0.1, -0.05) is 30.7 Å². The molecule has 2 amide bonds. The van der Waals surface area contributed by atoms with Crippen LogP contribution >= 0.6 is 11.6 Å². The van der Waals surface area contributed by atoms with Crippen LogP contribution in [0.2, 0.25) is 5.02 Å². The number of benzene rings is 2. The minimum Gasteiger partial charge on any atom is -0.493 e. The Hall–Kier alpha value is -2.73. The zero-order valence-corrected chi connectivity index (χ0v) is 16.4. The van der Waals surface area contributed by atoms with Crippen LogP contribution in [0.15, 0.2) is 36.4 Å². The highest BCUT2D eigenvalue weighted by molar-refractivity contribution is 6.32. The van der Waals surface area contributed by atoms with Crippen molar-refractivity contribution in [1.29, 1.82) is 0 Å². The molecule has 2 rings (SSSR count). The molecular weight excluding hydrogens is 368 g/mol. The fraction of sp³-hybridized carbons (Fsp3) is 0.300. The van der Waals surface area contributed by atoms with Crippen molar-refractivity contribution >= 4 is 29.1 Å². The number of amides is 2.